The number of anilines is 1. The highest BCUT2D eigenvalue weighted by Gasteiger charge is 2.08. The Labute approximate surface area is 144 Å². The summed E-state index contributed by atoms with van der Waals surface area (Å²) in [6, 6.07) is 8.71. The molecular formula is C17H17N5O3. The molecule has 0 aliphatic rings. The van der Waals surface area contributed by atoms with Crippen LogP contribution in [0.4, 0.5) is 5.82 Å². The van der Waals surface area contributed by atoms with E-state index in [2.05, 4.69) is 20.3 Å². The molecule has 1 aromatic carbocycles. The topological polar surface area (TPSA) is 91.2 Å². The second-order valence-electron chi connectivity index (χ2n) is 5.12. The lowest BCUT2D eigenvalue weighted by Gasteiger charge is -2.09. The number of hydrogen-bond acceptors (Lipinski definition) is 6. The minimum absolute atomic E-state index is 0.142. The lowest BCUT2D eigenvalue weighted by atomic mass is 10.3. The number of imidazole rings is 1. The normalized spacial score (nSPS) is 10.3. The molecule has 1 N–H and O–H groups in total. The van der Waals surface area contributed by atoms with Gasteiger partial charge in [-0.05, 0) is 19.1 Å². The molecule has 128 valence electrons. The van der Waals surface area contributed by atoms with Gasteiger partial charge in [0.2, 0.25) is 0 Å². The van der Waals surface area contributed by atoms with E-state index in [-0.39, 0.29) is 12.5 Å². The van der Waals surface area contributed by atoms with Crippen LogP contribution < -0.4 is 14.8 Å². The van der Waals surface area contributed by atoms with Gasteiger partial charge in [0, 0.05) is 24.5 Å². The van der Waals surface area contributed by atoms with Crippen LogP contribution in [0.2, 0.25) is 0 Å². The molecule has 0 fully saturated rings. The molecule has 2 heterocycles. The first-order chi connectivity index (χ1) is 12.2. The number of rotatable bonds is 6. The summed E-state index contributed by atoms with van der Waals surface area (Å²) in [6.07, 6.45) is 4.85. The lowest BCUT2D eigenvalue weighted by molar-refractivity contribution is -0.118. The van der Waals surface area contributed by atoms with E-state index in [4.69, 9.17) is 9.47 Å². The zero-order valence-corrected chi connectivity index (χ0v) is 13.8. The van der Waals surface area contributed by atoms with Crippen molar-refractivity contribution in [1.82, 2.24) is 19.5 Å². The molecular weight excluding hydrogens is 322 g/mol. The van der Waals surface area contributed by atoms with E-state index < -0.39 is 0 Å². The average Bonchev–Trinajstić information content (AvgIpc) is 3.06. The molecule has 25 heavy (non-hydrogen) atoms. The molecule has 3 rings (SSSR count). The molecule has 8 heteroatoms. The van der Waals surface area contributed by atoms with E-state index in [0.29, 0.717) is 23.1 Å². The molecule has 0 saturated heterocycles. The fraction of sp³-hybridized carbons (Fsp3) is 0.176. The fourth-order valence-electron chi connectivity index (χ4n) is 2.19. The maximum absolute atomic E-state index is 12.1. The highest BCUT2D eigenvalue weighted by Crippen LogP contribution is 2.18. The third-order valence-corrected chi connectivity index (χ3v) is 3.40. The average molecular weight is 339 g/mol. The number of carbonyl (C=O) groups is 1. The van der Waals surface area contributed by atoms with Gasteiger partial charge in [-0.15, -0.1) is 0 Å². The zero-order chi connectivity index (χ0) is 17.6. The summed E-state index contributed by atoms with van der Waals surface area (Å²) in [6.45, 7) is 1.72. The van der Waals surface area contributed by atoms with Gasteiger partial charge in [0.1, 0.15) is 35.3 Å². The number of hydrogen-bond donors (Lipinski definition) is 1. The van der Waals surface area contributed by atoms with Crippen LogP contribution in [-0.4, -0.2) is 39.1 Å². The van der Waals surface area contributed by atoms with Gasteiger partial charge in [-0.2, -0.15) is 0 Å². The van der Waals surface area contributed by atoms with Crippen molar-refractivity contribution in [2.75, 3.05) is 19.0 Å². The predicted molar refractivity (Wildman–Crippen MR) is 91.0 cm³/mol. The first-order valence-electron chi connectivity index (χ1n) is 7.55. The zero-order valence-electron chi connectivity index (χ0n) is 13.8. The predicted octanol–water partition coefficient (Wildman–Crippen LogP) is 2.00. The van der Waals surface area contributed by atoms with Crippen LogP contribution >= 0.6 is 0 Å². The van der Waals surface area contributed by atoms with Crippen LogP contribution in [0.5, 0.6) is 11.5 Å². The van der Waals surface area contributed by atoms with Gasteiger partial charge >= 0.3 is 0 Å². The summed E-state index contributed by atoms with van der Waals surface area (Å²) in [4.78, 5) is 24.4. The fourth-order valence-corrected chi connectivity index (χ4v) is 2.19. The number of nitrogens with one attached hydrogen (secondary N) is 1. The van der Waals surface area contributed by atoms with Crippen molar-refractivity contribution in [1.29, 1.82) is 0 Å². The first kappa shape index (κ1) is 16.4. The van der Waals surface area contributed by atoms with Crippen molar-refractivity contribution in [3.8, 4) is 17.3 Å². The van der Waals surface area contributed by atoms with Crippen molar-refractivity contribution in [2.45, 2.75) is 6.92 Å². The molecule has 0 unspecified atom stereocenters. The summed E-state index contributed by atoms with van der Waals surface area (Å²) < 4.78 is 12.4. The number of aromatic nitrogens is 4. The van der Waals surface area contributed by atoms with E-state index in [9.17, 15) is 4.79 Å². The largest absolute Gasteiger partial charge is 0.497 e. The van der Waals surface area contributed by atoms with Gasteiger partial charge in [-0.3, -0.25) is 9.36 Å². The third kappa shape index (κ3) is 4.11. The Kier molecular flexibility index (Phi) is 4.89. The molecule has 8 nitrogen and oxygen atoms in total. The maximum atomic E-state index is 12.1. The minimum Gasteiger partial charge on any atom is -0.497 e. The quantitative estimate of drug-likeness (QED) is 0.738. The highest BCUT2D eigenvalue weighted by molar-refractivity contribution is 5.91. The molecule has 2 aromatic heterocycles. The van der Waals surface area contributed by atoms with E-state index in [0.717, 1.165) is 5.82 Å². The third-order valence-electron chi connectivity index (χ3n) is 3.40. The summed E-state index contributed by atoms with van der Waals surface area (Å²) in [5, 5.41) is 2.68. The lowest BCUT2D eigenvalue weighted by Crippen LogP contribution is -2.21. The number of ether oxygens (including phenoxy) is 2. The van der Waals surface area contributed by atoms with E-state index in [1.807, 2.05) is 6.92 Å². The van der Waals surface area contributed by atoms with Crippen LogP contribution in [-0.2, 0) is 4.79 Å². The molecule has 3 aromatic rings. The van der Waals surface area contributed by atoms with Crippen molar-refractivity contribution < 1.29 is 14.3 Å². The molecule has 0 bridgehead atoms. The smallest absolute Gasteiger partial charge is 0.263 e. The Morgan fingerprint density at radius 1 is 1.20 bits per heavy atom. The monoisotopic (exact) mass is 339 g/mol. The van der Waals surface area contributed by atoms with Crippen LogP contribution in [0.15, 0.2) is 49.1 Å². The second-order valence-corrected chi connectivity index (χ2v) is 5.12. The summed E-state index contributed by atoms with van der Waals surface area (Å²) in [5.74, 6) is 2.68. The van der Waals surface area contributed by atoms with Crippen molar-refractivity contribution in [3.63, 3.8) is 0 Å². The standard InChI is InChI=1S/C17H17N5O3/c1-12-18-6-7-22(12)16-9-15(19-11-20-16)21-17(23)10-25-14-5-3-4-13(8-14)24-2/h3-9,11H,10H2,1-2H3,(H,19,20,21,23). The van der Waals surface area contributed by atoms with Gasteiger partial charge in [0.05, 0.1) is 7.11 Å². The number of carbonyl (C=O) groups excluding carboxylic acids is 1. The molecule has 0 atom stereocenters. The Morgan fingerprint density at radius 2 is 2.04 bits per heavy atom. The molecule has 0 aliphatic heterocycles. The SMILES string of the molecule is COc1cccc(OCC(=O)Nc2cc(-n3ccnc3C)ncn2)c1. The van der Waals surface area contributed by atoms with Gasteiger partial charge in [-0.1, -0.05) is 6.07 Å². The molecule has 1 amide bonds. The highest BCUT2D eigenvalue weighted by atomic mass is 16.5. The van der Waals surface area contributed by atoms with Crippen molar-refractivity contribution >= 4 is 11.7 Å². The molecule has 0 radical (unpaired) electrons. The Hall–Kier alpha value is -3.42. The number of benzene rings is 1. The Balaban J connectivity index is 1.62. The van der Waals surface area contributed by atoms with Crippen molar-refractivity contribution in [2.24, 2.45) is 0 Å². The van der Waals surface area contributed by atoms with Crippen LogP contribution in [0.1, 0.15) is 5.82 Å². The summed E-state index contributed by atoms with van der Waals surface area (Å²) in [5.41, 5.74) is 0. The molecule has 0 saturated carbocycles. The Bertz CT molecular complexity index is 878. The van der Waals surface area contributed by atoms with E-state index in [1.165, 1.54) is 6.33 Å². The summed E-state index contributed by atoms with van der Waals surface area (Å²) >= 11 is 0. The number of aryl methyl sites for hydroxylation is 1. The van der Waals surface area contributed by atoms with Crippen LogP contribution in [0, 0.1) is 6.92 Å². The minimum atomic E-state index is -0.324. The summed E-state index contributed by atoms with van der Waals surface area (Å²) in [7, 11) is 1.57. The molecule has 0 spiro atoms. The molecule has 0 aliphatic carbocycles. The van der Waals surface area contributed by atoms with E-state index >= 15 is 0 Å². The van der Waals surface area contributed by atoms with Crippen LogP contribution in [0.3, 0.4) is 0 Å². The van der Waals surface area contributed by atoms with E-state index in [1.54, 1.807) is 54.4 Å². The maximum Gasteiger partial charge on any atom is 0.263 e. The van der Waals surface area contributed by atoms with Gasteiger partial charge < -0.3 is 14.8 Å². The number of nitrogens with zero attached hydrogens (tertiary/aromatic N) is 4. The Morgan fingerprint density at radius 3 is 2.80 bits per heavy atom. The van der Waals surface area contributed by atoms with Gasteiger partial charge in [0.25, 0.3) is 5.91 Å². The van der Waals surface area contributed by atoms with Gasteiger partial charge in [0.15, 0.2) is 6.61 Å². The number of methoxy groups -OCH3 is 1. The first-order valence-corrected chi connectivity index (χ1v) is 7.55. The number of amides is 1. The van der Waals surface area contributed by atoms with Crippen molar-refractivity contribution in [3.05, 3.63) is 54.9 Å². The van der Waals surface area contributed by atoms with Gasteiger partial charge in [-0.25, -0.2) is 15.0 Å². The second kappa shape index (κ2) is 7.43. The van der Waals surface area contributed by atoms with Crippen LogP contribution in [0.25, 0.3) is 5.82 Å².